The Labute approximate surface area is 123 Å². The maximum Gasteiger partial charge on any atom is 0.237 e. The van der Waals surface area contributed by atoms with Crippen LogP contribution >= 0.6 is 0 Å². The van der Waals surface area contributed by atoms with Crippen LogP contribution < -0.4 is 11.1 Å². The number of nitrogens with two attached hydrogens (primary N) is 1. The van der Waals surface area contributed by atoms with E-state index in [2.05, 4.69) is 24.1 Å². The summed E-state index contributed by atoms with van der Waals surface area (Å²) < 4.78 is 5.29. The summed E-state index contributed by atoms with van der Waals surface area (Å²) in [4.78, 5) is 14.4. The average Bonchev–Trinajstić information content (AvgIpc) is 2.50. The lowest BCUT2D eigenvalue weighted by Crippen LogP contribution is -2.47. The Morgan fingerprint density at radius 3 is 2.55 bits per heavy atom. The van der Waals surface area contributed by atoms with Crippen LogP contribution in [0.15, 0.2) is 0 Å². The van der Waals surface area contributed by atoms with Gasteiger partial charge in [0.15, 0.2) is 0 Å². The van der Waals surface area contributed by atoms with Crippen molar-refractivity contribution in [2.24, 2.45) is 11.7 Å². The minimum atomic E-state index is -0.373. The van der Waals surface area contributed by atoms with E-state index in [-0.39, 0.29) is 17.9 Å². The quantitative estimate of drug-likeness (QED) is 0.620. The second-order valence-corrected chi connectivity index (χ2v) is 5.50. The van der Waals surface area contributed by atoms with Crippen LogP contribution in [0, 0.1) is 5.92 Å². The minimum absolute atomic E-state index is 0.000242. The molecular weight excluding hydrogens is 254 g/mol. The van der Waals surface area contributed by atoms with Gasteiger partial charge < -0.3 is 20.7 Å². The summed E-state index contributed by atoms with van der Waals surface area (Å²) in [7, 11) is 0. The van der Waals surface area contributed by atoms with E-state index in [1.165, 1.54) is 0 Å². The largest absolute Gasteiger partial charge is 0.381 e. The molecule has 1 unspecified atom stereocenters. The summed E-state index contributed by atoms with van der Waals surface area (Å²) in [5.41, 5.74) is 6.02. The first-order chi connectivity index (χ1) is 9.69. The Bertz CT molecular complexity index is 264. The highest BCUT2D eigenvalue weighted by atomic mass is 16.5. The number of ether oxygens (including phenoxy) is 1. The molecule has 1 atom stereocenters. The number of nitrogens with one attached hydrogen (secondary N) is 1. The van der Waals surface area contributed by atoms with E-state index in [0.29, 0.717) is 0 Å². The van der Waals surface area contributed by atoms with Gasteiger partial charge in [-0.15, -0.1) is 0 Å². The molecule has 1 rings (SSSR count). The molecule has 0 bridgehead atoms. The van der Waals surface area contributed by atoms with Crippen molar-refractivity contribution in [2.45, 2.75) is 45.6 Å². The van der Waals surface area contributed by atoms with Gasteiger partial charge in [-0.05, 0) is 51.2 Å². The maximum absolute atomic E-state index is 12.0. The highest BCUT2D eigenvalue weighted by Crippen LogP contribution is 2.17. The third-order valence-electron chi connectivity index (χ3n) is 4.17. The Morgan fingerprint density at radius 2 is 1.95 bits per heavy atom. The van der Waals surface area contributed by atoms with Crippen LogP contribution in [0.4, 0.5) is 0 Å². The van der Waals surface area contributed by atoms with Crippen LogP contribution in [0.25, 0.3) is 0 Å². The SMILES string of the molecule is CCN(CC)CCCCNC(=O)C(N)C1CCOCC1. The number of unbranched alkanes of at least 4 members (excludes halogenated alkanes) is 1. The molecule has 0 radical (unpaired) electrons. The van der Waals surface area contributed by atoms with Crippen LogP contribution in [0.2, 0.25) is 0 Å². The molecule has 1 aliphatic rings. The highest BCUT2D eigenvalue weighted by Gasteiger charge is 2.26. The molecule has 0 aliphatic carbocycles. The summed E-state index contributed by atoms with van der Waals surface area (Å²) >= 11 is 0. The first-order valence-electron chi connectivity index (χ1n) is 8.02. The van der Waals surface area contributed by atoms with E-state index in [9.17, 15) is 4.79 Å². The average molecular weight is 285 g/mol. The molecule has 0 aromatic carbocycles. The third-order valence-corrected chi connectivity index (χ3v) is 4.17. The van der Waals surface area contributed by atoms with Crippen LogP contribution in [0.1, 0.15) is 39.5 Å². The van der Waals surface area contributed by atoms with Crippen molar-refractivity contribution >= 4 is 5.91 Å². The molecule has 3 N–H and O–H groups in total. The van der Waals surface area contributed by atoms with Crippen LogP contribution in [-0.2, 0) is 9.53 Å². The molecular formula is C15H31N3O2. The van der Waals surface area contributed by atoms with Crippen molar-refractivity contribution in [3.05, 3.63) is 0 Å². The van der Waals surface area contributed by atoms with E-state index in [4.69, 9.17) is 10.5 Å². The molecule has 1 fully saturated rings. The Hall–Kier alpha value is -0.650. The van der Waals surface area contributed by atoms with Crippen molar-refractivity contribution in [3.8, 4) is 0 Å². The monoisotopic (exact) mass is 285 g/mol. The van der Waals surface area contributed by atoms with Gasteiger partial charge in [0.05, 0.1) is 6.04 Å². The molecule has 0 aromatic rings. The molecule has 0 saturated carbocycles. The van der Waals surface area contributed by atoms with Gasteiger partial charge in [0, 0.05) is 19.8 Å². The lowest BCUT2D eigenvalue weighted by atomic mass is 9.92. The van der Waals surface area contributed by atoms with Gasteiger partial charge in [-0.1, -0.05) is 13.8 Å². The molecule has 20 heavy (non-hydrogen) atoms. The predicted molar refractivity (Wildman–Crippen MR) is 81.6 cm³/mol. The van der Waals surface area contributed by atoms with Crippen LogP contribution in [-0.4, -0.2) is 56.2 Å². The fourth-order valence-electron chi connectivity index (χ4n) is 2.62. The lowest BCUT2D eigenvalue weighted by Gasteiger charge is -2.26. The van der Waals surface area contributed by atoms with Gasteiger partial charge in [-0.3, -0.25) is 4.79 Å². The number of carbonyl (C=O) groups excluding carboxylic acids is 1. The zero-order valence-corrected chi connectivity index (χ0v) is 13.1. The molecule has 1 amide bonds. The van der Waals surface area contributed by atoms with Gasteiger partial charge in [0.25, 0.3) is 0 Å². The molecule has 118 valence electrons. The Kier molecular flexibility index (Phi) is 8.82. The van der Waals surface area contributed by atoms with E-state index < -0.39 is 0 Å². The standard InChI is InChI=1S/C15H31N3O2/c1-3-18(4-2)10-6-5-9-17-15(19)14(16)13-7-11-20-12-8-13/h13-14H,3-12,16H2,1-2H3,(H,17,19). The topological polar surface area (TPSA) is 67.6 Å². The first kappa shape index (κ1) is 17.4. The number of amides is 1. The van der Waals surface area contributed by atoms with Gasteiger partial charge in [-0.2, -0.15) is 0 Å². The van der Waals surface area contributed by atoms with Crippen LogP contribution in [0.3, 0.4) is 0 Å². The van der Waals surface area contributed by atoms with E-state index in [0.717, 1.165) is 65.1 Å². The third kappa shape index (κ3) is 6.20. The van der Waals surface area contributed by atoms with Gasteiger partial charge >= 0.3 is 0 Å². The zero-order valence-electron chi connectivity index (χ0n) is 13.1. The molecule has 1 heterocycles. The van der Waals surface area contributed by atoms with Gasteiger partial charge in [0.2, 0.25) is 5.91 Å². The summed E-state index contributed by atoms with van der Waals surface area (Å²) in [5.74, 6) is 0.277. The molecule has 1 saturated heterocycles. The Balaban J connectivity index is 2.09. The van der Waals surface area contributed by atoms with Crippen molar-refractivity contribution in [1.82, 2.24) is 10.2 Å². The van der Waals surface area contributed by atoms with E-state index in [1.807, 2.05) is 0 Å². The summed E-state index contributed by atoms with van der Waals surface area (Å²) in [6.07, 6.45) is 3.93. The van der Waals surface area contributed by atoms with Crippen molar-refractivity contribution in [2.75, 3.05) is 39.4 Å². The molecule has 5 heteroatoms. The summed E-state index contributed by atoms with van der Waals surface area (Å²) in [6, 6.07) is -0.373. The number of hydrogen-bond acceptors (Lipinski definition) is 4. The second kappa shape index (κ2) is 10.1. The number of rotatable bonds is 9. The molecule has 1 aliphatic heterocycles. The smallest absolute Gasteiger partial charge is 0.237 e. The highest BCUT2D eigenvalue weighted by molar-refractivity contribution is 5.81. The minimum Gasteiger partial charge on any atom is -0.381 e. The number of carbonyl (C=O) groups is 1. The number of hydrogen-bond donors (Lipinski definition) is 2. The summed E-state index contributed by atoms with van der Waals surface area (Å²) in [6.45, 7) is 9.85. The van der Waals surface area contributed by atoms with Gasteiger partial charge in [0.1, 0.15) is 0 Å². The van der Waals surface area contributed by atoms with Crippen molar-refractivity contribution < 1.29 is 9.53 Å². The van der Waals surface area contributed by atoms with Crippen LogP contribution in [0.5, 0.6) is 0 Å². The molecule has 0 aromatic heterocycles. The summed E-state index contributed by atoms with van der Waals surface area (Å²) in [5, 5.41) is 2.97. The van der Waals surface area contributed by atoms with Gasteiger partial charge in [-0.25, -0.2) is 0 Å². The fourth-order valence-corrected chi connectivity index (χ4v) is 2.62. The maximum atomic E-state index is 12.0. The van der Waals surface area contributed by atoms with Crippen molar-refractivity contribution in [3.63, 3.8) is 0 Å². The molecule has 0 spiro atoms. The predicted octanol–water partition coefficient (Wildman–Crippen LogP) is 0.979. The fraction of sp³-hybridized carbons (Fsp3) is 0.933. The Morgan fingerprint density at radius 1 is 1.30 bits per heavy atom. The molecule has 5 nitrogen and oxygen atoms in total. The normalized spacial score (nSPS) is 18.2. The zero-order chi connectivity index (χ0) is 14.8. The van der Waals surface area contributed by atoms with E-state index in [1.54, 1.807) is 0 Å². The van der Waals surface area contributed by atoms with E-state index >= 15 is 0 Å². The second-order valence-electron chi connectivity index (χ2n) is 5.50. The lowest BCUT2D eigenvalue weighted by molar-refractivity contribution is -0.124. The first-order valence-corrected chi connectivity index (χ1v) is 8.02. The van der Waals surface area contributed by atoms with Crippen molar-refractivity contribution in [1.29, 1.82) is 0 Å². The number of nitrogens with zero attached hydrogens (tertiary/aromatic N) is 1.